The molecule has 0 aromatic heterocycles. The Bertz CT molecular complexity index is 181. The molecule has 0 fully saturated rings. The van der Waals surface area contributed by atoms with E-state index in [0.717, 1.165) is 19.4 Å². The molecule has 0 aliphatic heterocycles. The fourth-order valence-electron chi connectivity index (χ4n) is 2.11. The molecule has 0 aromatic rings. The van der Waals surface area contributed by atoms with Gasteiger partial charge in [-0.2, -0.15) is 0 Å². The quantitative estimate of drug-likeness (QED) is 0.470. The van der Waals surface area contributed by atoms with Gasteiger partial charge in [-0.15, -0.1) is 0 Å². The topological polar surface area (TPSA) is 46.5 Å². The summed E-state index contributed by atoms with van der Waals surface area (Å²) in [5.41, 5.74) is 0. The van der Waals surface area contributed by atoms with Crippen LogP contribution in [0.4, 0.5) is 0 Å². The molecule has 0 saturated carbocycles. The smallest absolute Gasteiger partial charge is 0.303 e. The first-order chi connectivity index (χ1) is 8.77. The van der Waals surface area contributed by atoms with E-state index < -0.39 is 5.97 Å². The van der Waals surface area contributed by atoms with E-state index in [9.17, 15) is 4.79 Å². The minimum absolute atomic E-state index is 0.335. The summed E-state index contributed by atoms with van der Waals surface area (Å²) in [5.74, 6) is -0.663. The van der Waals surface area contributed by atoms with Gasteiger partial charge in [0.25, 0.3) is 0 Å². The summed E-state index contributed by atoms with van der Waals surface area (Å²) in [6, 6.07) is 0. The van der Waals surface area contributed by atoms with Crippen molar-refractivity contribution in [3.05, 3.63) is 0 Å². The third-order valence-electron chi connectivity index (χ3n) is 3.24. The molecule has 1 N–H and O–H groups in total. The number of hydrogen-bond donors (Lipinski definition) is 1. The molecule has 0 amide bonds. The van der Waals surface area contributed by atoms with Crippen LogP contribution >= 0.6 is 0 Å². The molecule has 18 heavy (non-hydrogen) atoms. The molecular weight excluding hydrogens is 228 g/mol. The number of aliphatic carboxylic acids is 1. The number of carboxylic acid groups (broad SMARTS) is 1. The van der Waals surface area contributed by atoms with Gasteiger partial charge in [-0.05, 0) is 12.8 Å². The number of ether oxygens (including phenoxy) is 1. The van der Waals surface area contributed by atoms with Gasteiger partial charge in [0.1, 0.15) is 0 Å². The molecular formula is C15H30O3. The summed E-state index contributed by atoms with van der Waals surface area (Å²) in [5, 5.41) is 8.48. The monoisotopic (exact) mass is 258 g/mol. The Morgan fingerprint density at radius 1 is 0.778 bits per heavy atom. The van der Waals surface area contributed by atoms with Gasteiger partial charge < -0.3 is 9.84 Å². The van der Waals surface area contributed by atoms with E-state index in [-0.39, 0.29) is 0 Å². The highest BCUT2D eigenvalue weighted by atomic mass is 16.5. The number of carboxylic acids is 1. The molecule has 0 rings (SSSR count). The van der Waals surface area contributed by atoms with E-state index in [4.69, 9.17) is 9.84 Å². The Labute approximate surface area is 112 Å². The summed E-state index contributed by atoms with van der Waals surface area (Å²) >= 11 is 0. The normalized spacial score (nSPS) is 10.7. The highest BCUT2D eigenvalue weighted by molar-refractivity contribution is 5.66. The van der Waals surface area contributed by atoms with E-state index in [0.29, 0.717) is 6.42 Å². The second kappa shape index (κ2) is 14.5. The van der Waals surface area contributed by atoms with E-state index in [1.54, 1.807) is 7.11 Å². The predicted molar refractivity (Wildman–Crippen MR) is 74.9 cm³/mol. The minimum Gasteiger partial charge on any atom is -0.481 e. The largest absolute Gasteiger partial charge is 0.481 e. The minimum atomic E-state index is -0.663. The van der Waals surface area contributed by atoms with Crippen molar-refractivity contribution in [3.63, 3.8) is 0 Å². The Hall–Kier alpha value is -0.570. The summed E-state index contributed by atoms with van der Waals surface area (Å²) in [4.78, 5) is 10.3. The van der Waals surface area contributed by atoms with Crippen LogP contribution in [0.5, 0.6) is 0 Å². The fourth-order valence-corrected chi connectivity index (χ4v) is 2.11. The zero-order valence-corrected chi connectivity index (χ0v) is 12.0. The van der Waals surface area contributed by atoms with Crippen molar-refractivity contribution in [2.45, 2.75) is 77.0 Å². The zero-order valence-electron chi connectivity index (χ0n) is 12.0. The Morgan fingerprint density at radius 3 is 1.56 bits per heavy atom. The van der Waals surface area contributed by atoms with E-state index >= 15 is 0 Å². The van der Waals surface area contributed by atoms with Crippen LogP contribution in [-0.4, -0.2) is 24.8 Å². The average Bonchev–Trinajstić information content (AvgIpc) is 2.34. The van der Waals surface area contributed by atoms with Crippen LogP contribution in [-0.2, 0) is 9.53 Å². The molecule has 108 valence electrons. The van der Waals surface area contributed by atoms with Gasteiger partial charge in [0, 0.05) is 20.1 Å². The highest BCUT2D eigenvalue weighted by Gasteiger charge is 1.96. The van der Waals surface area contributed by atoms with Gasteiger partial charge in [-0.1, -0.05) is 57.8 Å². The van der Waals surface area contributed by atoms with Gasteiger partial charge in [-0.3, -0.25) is 4.79 Å². The van der Waals surface area contributed by atoms with Crippen molar-refractivity contribution in [2.75, 3.05) is 13.7 Å². The summed E-state index contributed by atoms with van der Waals surface area (Å²) in [6.45, 7) is 0.899. The molecule has 0 radical (unpaired) electrons. The van der Waals surface area contributed by atoms with Crippen molar-refractivity contribution in [2.24, 2.45) is 0 Å². The van der Waals surface area contributed by atoms with Crippen LogP contribution in [0.3, 0.4) is 0 Å². The van der Waals surface area contributed by atoms with Crippen LogP contribution in [0.15, 0.2) is 0 Å². The summed E-state index contributed by atoms with van der Waals surface area (Å²) in [6.07, 6.45) is 13.9. The molecule has 0 bridgehead atoms. The number of carbonyl (C=O) groups is 1. The third kappa shape index (κ3) is 15.4. The van der Waals surface area contributed by atoms with Crippen molar-refractivity contribution >= 4 is 5.97 Å². The van der Waals surface area contributed by atoms with Crippen LogP contribution in [0.25, 0.3) is 0 Å². The molecule has 0 aromatic carbocycles. The van der Waals surface area contributed by atoms with Crippen LogP contribution in [0, 0.1) is 0 Å². The first kappa shape index (κ1) is 17.4. The lowest BCUT2D eigenvalue weighted by atomic mass is 10.1. The van der Waals surface area contributed by atoms with Crippen LogP contribution in [0.1, 0.15) is 77.0 Å². The molecule has 0 spiro atoms. The van der Waals surface area contributed by atoms with Crippen molar-refractivity contribution in [1.82, 2.24) is 0 Å². The van der Waals surface area contributed by atoms with Crippen LogP contribution < -0.4 is 0 Å². The SMILES string of the molecule is COCCCCCCCCCCCCCC(=O)O. The highest BCUT2D eigenvalue weighted by Crippen LogP contribution is 2.11. The molecule has 3 heteroatoms. The summed E-state index contributed by atoms with van der Waals surface area (Å²) < 4.78 is 5.01. The standard InChI is InChI=1S/C15H30O3/c1-18-14-12-10-8-6-4-2-3-5-7-9-11-13-15(16)17/h2-14H2,1H3,(H,16,17). The second-order valence-corrected chi connectivity index (χ2v) is 5.03. The molecule has 0 atom stereocenters. The first-order valence-electron chi connectivity index (χ1n) is 7.48. The Balaban J connectivity index is 2.92. The maximum atomic E-state index is 10.3. The number of hydrogen-bond acceptors (Lipinski definition) is 2. The molecule has 0 heterocycles. The van der Waals surface area contributed by atoms with Gasteiger partial charge in [0.05, 0.1) is 0 Å². The average molecular weight is 258 g/mol. The lowest BCUT2D eigenvalue weighted by Gasteiger charge is -2.02. The van der Waals surface area contributed by atoms with Gasteiger partial charge in [-0.25, -0.2) is 0 Å². The lowest BCUT2D eigenvalue weighted by molar-refractivity contribution is -0.137. The number of unbranched alkanes of at least 4 members (excludes halogenated alkanes) is 10. The number of rotatable bonds is 14. The molecule has 0 unspecified atom stereocenters. The van der Waals surface area contributed by atoms with Crippen molar-refractivity contribution in [3.8, 4) is 0 Å². The Morgan fingerprint density at radius 2 is 1.17 bits per heavy atom. The van der Waals surface area contributed by atoms with E-state index in [2.05, 4.69) is 0 Å². The first-order valence-corrected chi connectivity index (χ1v) is 7.48. The zero-order chi connectivity index (χ0) is 13.5. The van der Waals surface area contributed by atoms with Crippen molar-refractivity contribution in [1.29, 1.82) is 0 Å². The Kier molecular flexibility index (Phi) is 14.0. The molecule has 0 aliphatic carbocycles. The van der Waals surface area contributed by atoms with E-state index in [1.165, 1.54) is 57.8 Å². The fraction of sp³-hybridized carbons (Fsp3) is 0.933. The maximum Gasteiger partial charge on any atom is 0.303 e. The van der Waals surface area contributed by atoms with Crippen molar-refractivity contribution < 1.29 is 14.6 Å². The second-order valence-electron chi connectivity index (χ2n) is 5.03. The lowest BCUT2D eigenvalue weighted by Crippen LogP contribution is -1.93. The molecule has 3 nitrogen and oxygen atoms in total. The van der Waals surface area contributed by atoms with Gasteiger partial charge >= 0.3 is 5.97 Å². The molecule has 0 saturated heterocycles. The summed E-state index contributed by atoms with van der Waals surface area (Å²) in [7, 11) is 1.76. The number of methoxy groups -OCH3 is 1. The third-order valence-corrected chi connectivity index (χ3v) is 3.24. The maximum absolute atomic E-state index is 10.3. The predicted octanol–water partition coefficient (Wildman–Crippen LogP) is 4.40. The van der Waals surface area contributed by atoms with E-state index in [1.807, 2.05) is 0 Å². The van der Waals surface area contributed by atoms with Crippen LogP contribution in [0.2, 0.25) is 0 Å². The van der Waals surface area contributed by atoms with Gasteiger partial charge in [0.2, 0.25) is 0 Å². The van der Waals surface area contributed by atoms with Gasteiger partial charge in [0.15, 0.2) is 0 Å². The molecule has 0 aliphatic rings.